The number of imidazole rings is 1. The van der Waals surface area contributed by atoms with Gasteiger partial charge in [-0.15, -0.1) is 0 Å². The number of nitrogens with zero attached hydrogens (tertiary/aromatic N) is 4. The SMILES string of the molecule is N#Cc1ccc(Cn2cncc2Cc2c(C(N)=O)cccc2[N+](=O)[O-])cc1. The number of nitro benzene ring substituents is 1. The van der Waals surface area contributed by atoms with E-state index in [4.69, 9.17) is 11.0 Å². The summed E-state index contributed by atoms with van der Waals surface area (Å²) >= 11 is 0. The average Bonchev–Trinajstić information content (AvgIpc) is 3.09. The lowest BCUT2D eigenvalue weighted by Crippen LogP contribution is -2.16. The molecule has 27 heavy (non-hydrogen) atoms. The first-order valence-electron chi connectivity index (χ1n) is 8.03. The van der Waals surface area contributed by atoms with Crippen LogP contribution in [-0.2, 0) is 13.0 Å². The highest BCUT2D eigenvalue weighted by atomic mass is 16.6. The summed E-state index contributed by atoms with van der Waals surface area (Å²) in [5.74, 6) is -0.716. The van der Waals surface area contributed by atoms with Crippen LogP contribution >= 0.6 is 0 Å². The van der Waals surface area contributed by atoms with Crippen molar-refractivity contribution in [1.29, 1.82) is 5.26 Å². The maximum atomic E-state index is 11.7. The molecule has 0 aliphatic carbocycles. The van der Waals surface area contributed by atoms with E-state index in [9.17, 15) is 14.9 Å². The number of nitriles is 1. The largest absolute Gasteiger partial charge is 0.366 e. The van der Waals surface area contributed by atoms with Crippen LogP contribution in [-0.4, -0.2) is 20.4 Å². The van der Waals surface area contributed by atoms with Gasteiger partial charge in [-0.05, 0) is 23.8 Å². The molecule has 0 saturated heterocycles. The average molecular weight is 361 g/mol. The molecule has 1 aromatic heterocycles. The molecule has 0 bridgehead atoms. The molecule has 0 saturated carbocycles. The number of aromatic nitrogens is 2. The Kier molecular flexibility index (Phi) is 4.95. The zero-order chi connectivity index (χ0) is 19.4. The Morgan fingerprint density at radius 2 is 2.00 bits per heavy atom. The van der Waals surface area contributed by atoms with Crippen LogP contribution < -0.4 is 5.73 Å². The number of benzene rings is 2. The van der Waals surface area contributed by atoms with Crippen molar-refractivity contribution in [3.05, 3.63) is 93.1 Å². The normalized spacial score (nSPS) is 10.3. The van der Waals surface area contributed by atoms with Gasteiger partial charge >= 0.3 is 0 Å². The minimum Gasteiger partial charge on any atom is -0.366 e. The number of nitrogens with two attached hydrogens (primary N) is 1. The molecule has 0 radical (unpaired) electrons. The number of carbonyl (C=O) groups excluding carboxylic acids is 1. The molecule has 134 valence electrons. The zero-order valence-electron chi connectivity index (χ0n) is 14.2. The fraction of sp³-hybridized carbons (Fsp3) is 0.105. The van der Waals surface area contributed by atoms with Crippen molar-refractivity contribution in [2.24, 2.45) is 5.73 Å². The van der Waals surface area contributed by atoms with Crippen molar-refractivity contribution < 1.29 is 9.72 Å². The van der Waals surface area contributed by atoms with Gasteiger partial charge in [-0.2, -0.15) is 5.26 Å². The zero-order valence-corrected chi connectivity index (χ0v) is 14.2. The molecule has 0 fully saturated rings. The lowest BCUT2D eigenvalue weighted by atomic mass is 10.00. The van der Waals surface area contributed by atoms with Crippen LogP contribution in [0.4, 0.5) is 5.69 Å². The fourth-order valence-electron chi connectivity index (χ4n) is 2.86. The van der Waals surface area contributed by atoms with E-state index in [0.717, 1.165) is 5.56 Å². The van der Waals surface area contributed by atoms with E-state index in [1.165, 1.54) is 18.2 Å². The van der Waals surface area contributed by atoms with Gasteiger partial charge in [0.1, 0.15) is 0 Å². The van der Waals surface area contributed by atoms with E-state index >= 15 is 0 Å². The number of nitro groups is 1. The predicted octanol–water partition coefficient (Wildman–Crippen LogP) is 2.40. The smallest absolute Gasteiger partial charge is 0.273 e. The minimum atomic E-state index is -0.716. The molecular formula is C19H15N5O3. The maximum Gasteiger partial charge on any atom is 0.273 e. The van der Waals surface area contributed by atoms with Gasteiger partial charge in [-0.3, -0.25) is 14.9 Å². The Bertz CT molecular complexity index is 1020. The quantitative estimate of drug-likeness (QED) is 0.532. The molecule has 0 atom stereocenters. The lowest BCUT2D eigenvalue weighted by molar-refractivity contribution is -0.385. The van der Waals surface area contributed by atoms with Gasteiger partial charge in [0.2, 0.25) is 5.91 Å². The minimum absolute atomic E-state index is 0.121. The number of hydrogen-bond donors (Lipinski definition) is 1. The second-order valence-corrected chi connectivity index (χ2v) is 5.92. The monoisotopic (exact) mass is 361 g/mol. The summed E-state index contributed by atoms with van der Waals surface area (Å²) < 4.78 is 1.84. The highest BCUT2D eigenvalue weighted by Crippen LogP contribution is 2.25. The molecule has 0 spiro atoms. The van der Waals surface area contributed by atoms with Crippen molar-refractivity contribution in [3.63, 3.8) is 0 Å². The van der Waals surface area contributed by atoms with Crippen LogP contribution in [0.1, 0.15) is 32.7 Å². The van der Waals surface area contributed by atoms with Gasteiger partial charge in [0.05, 0.1) is 22.9 Å². The Hall–Kier alpha value is -3.99. The molecule has 2 N–H and O–H groups in total. The Labute approximate surface area is 154 Å². The van der Waals surface area contributed by atoms with Crippen LogP contribution in [0, 0.1) is 21.4 Å². The van der Waals surface area contributed by atoms with Crippen LogP contribution in [0.2, 0.25) is 0 Å². The summed E-state index contributed by atoms with van der Waals surface area (Å²) in [6.45, 7) is 0.480. The summed E-state index contributed by atoms with van der Waals surface area (Å²) in [6.07, 6.45) is 3.36. The van der Waals surface area contributed by atoms with E-state index < -0.39 is 10.8 Å². The number of hydrogen-bond acceptors (Lipinski definition) is 5. The number of amides is 1. The van der Waals surface area contributed by atoms with Crippen LogP contribution in [0.3, 0.4) is 0 Å². The molecule has 1 amide bonds. The standard InChI is InChI=1S/C19H15N5O3/c20-9-13-4-6-14(7-5-13)11-23-12-22-10-15(23)8-17-16(19(21)25)2-1-3-18(17)24(26)27/h1-7,10,12H,8,11H2,(H2,21,25). The van der Waals surface area contributed by atoms with E-state index in [1.54, 1.807) is 24.7 Å². The third-order valence-electron chi connectivity index (χ3n) is 4.21. The number of rotatable bonds is 6. The summed E-state index contributed by atoms with van der Waals surface area (Å²) in [4.78, 5) is 26.7. The van der Waals surface area contributed by atoms with E-state index in [2.05, 4.69) is 11.1 Å². The van der Waals surface area contributed by atoms with Crippen LogP contribution in [0.5, 0.6) is 0 Å². The first kappa shape index (κ1) is 17.8. The van der Waals surface area contributed by atoms with Gasteiger partial charge < -0.3 is 10.3 Å². The Morgan fingerprint density at radius 3 is 2.63 bits per heavy atom. The summed E-state index contributed by atoms with van der Waals surface area (Å²) in [5, 5.41) is 20.2. The summed E-state index contributed by atoms with van der Waals surface area (Å²) in [5.41, 5.74) is 7.84. The van der Waals surface area contributed by atoms with Gasteiger partial charge in [0.25, 0.3) is 5.69 Å². The fourth-order valence-corrected chi connectivity index (χ4v) is 2.86. The molecular weight excluding hydrogens is 346 g/mol. The molecule has 1 heterocycles. The highest BCUT2D eigenvalue weighted by Gasteiger charge is 2.21. The molecule has 8 heteroatoms. The molecule has 0 unspecified atom stereocenters. The molecule has 2 aromatic carbocycles. The maximum absolute atomic E-state index is 11.7. The molecule has 3 rings (SSSR count). The first-order chi connectivity index (χ1) is 13.0. The number of primary amides is 1. The highest BCUT2D eigenvalue weighted by molar-refractivity contribution is 5.95. The first-order valence-corrected chi connectivity index (χ1v) is 8.03. The number of carbonyl (C=O) groups is 1. The lowest BCUT2D eigenvalue weighted by Gasteiger charge is -2.11. The molecule has 8 nitrogen and oxygen atoms in total. The molecule has 0 aliphatic heterocycles. The van der Waals surface area contributed by atoms with Gasteiger partial charge in [-0.25, -0.2) is 4.98 Å². The van der Waals surface area contributed by atoms with Crippen molar-refractivity contribution in [3.8, 4) is 6.07 Å². The topological polar surface area (TPSA) is 128 Å². The van der Waals surface area contributed by atoms with Crippen LogP contribution in [0.15, 0.2) is 55.0 Å². The predicted molar refractivity (Wildman–Crippen MR) is 96.9 cm³/mol. The van der Waals surface area contributed by atoms with E-state index in [1.807, 2.05) is 16.7 Å². The second kappa shape index (κ2) is 7.49. The summed E-state index contributed by atoms with van der Waals surface area (Å²) in [7, 11) is 0. The van der Waals surface area contributed by atoms with Crippen molar-refractivity contribution in [1.82, 2.24) is 9.55 Å². The van der Waals surface area contributed by atoms with Crippen LogP contribution in [0.25, 0.3) is 0 Å². The van der Waals surface area contributed by atoms with E-state index in [0.29, 0.717) is 17.8 Å². The van der Waals surface area contributed by atoms with Crippen molar-refractivity contribution >= 4 is 11.6 Å². The van der Waals surface area contributed by atoms with Gasteiger partial charge in [0.15, 0.2) is 0 Å². The Balaban J connectivity index is 1.94. The van der Waals surface area contributed by atoms with Gasteiger partial charge in [0, 0.05) is 42.0 Å². The van der Waals surface area contributed by atoms with Crippen molar-refractivity contribution in [2.45, 2.75) is 13.0 Å². The second-order valence-electron chi connectivity index (χ2n) is 5.92. The Morgan fingerprint density at radius 1 is 1.26 bits per heavy atom. The third kappa shape index (κ3) is 3.82. The van der Waals surface area contributed by atoms with Crippen molar-refractivity contribution in [2.75, 3.05) is 0 Å². The summed E-state index contributed by atoms with van der Waals surface area (Å²) in [6, 6.07) is 13.4. The van der Waals surface area contributed by atoms with Gasteiger partial charge in [-0.1, -0.05) is 18.2 Å². The molecule has 3 aromatic rings. The third-order valence-corrected chi connectivity index (χ3v) is 4.21. The molecule has 0 aliphatic rings. The van der Waals surface area contributed by atoms with E-state index in [-0.39, 0.29) is 23.2 Å².